The van der Waals surface area contributed by atoms with E-state index in [1.54, 1.807) is 18.2 Å². The molecule has 0 aliphatic heterocycles. The van der Waals surface area contributed by atoms with E-state index in [4.69, 9.17) is 17.3 Å². The molecule has 3 N–H and O–H groups in total. The Balaban J connectivity index is 2.22. The van der Waals surface area contributed by atoms with Gasteiger partial charge in [-0.1, -0.05) is 17.7 Å². The fourth-order valence-corrected chi connectivity index (χ4v) is 1.63. The van der Waals surface area contributed by atoms with E-state index in [1.807, 2.05) is 0 Å². The normalized spacial score (nSPS) is 10.1. The van der Waals surface area contributed by atoms with Gasteiger partial charge in [-0.05, 0) is 30.3 Å². The first kappa shape index (κ1) is 12.3. The number of amides is 1. The quantitative estimate of drug-likeness (QED) is 0.877. The molecule has 1 aromatic heterocycles. The van der Waals surface area contributed by atoms with Gasteiger partial charge in [-0.25, -0.2) is 9.37 Å². The van der Waals surface area contributed by atoms with E-state index in [2.05, 4.69) is 10.3 Å². The van der Waals surface area contributed by atoms with Crippen LogP contribution in [-0.4, -0.2) is 10.9 Å². The van der Waals surface area contributed by atoms with Gasteiger partial charge in [0.15, 0.2) is 0 Å². The Morgan fingerprint density at radius 1 is 1.33 bits per heavy atom. The molecule has 0 unspecified atom stereocenters. The van der Waals surface area contributed by atoms with Crippen molar-refractivity contribution in [2.45, 2.75) is 0 Å². The van der Waals surface area contributed by atoms with Crippen LogP contribution in [0.2, 0.25) is 5.02 Å². The van der Waals surface area contributed by atoms with E-state index in [0.29, 0.717) is 5.82 Å². The lowest BCUT2D eigenvalue weighted by Crippen LogP contribution is -2.13. The topological polar surface area (TPSA) is 68.0 Å². The summed E-state index contributed by atoms with van der Waals surface area (Å²) in [5.74, 6) is -0.380. The Bertz CT molecular complexity index is 604. The van der Waals surface area contributed by atoms with Crippen LogP contribution in [0.5, 0.6) is 0 Å². The average molecular weight is 266 g/mol. The van der Waals surface area contributed by atoms with Crippen molar-refractivity contribution >= 4 is 29.1 Å². The highest BCUT2D eigenvalue weighted by molar-refractivity contribution is 6.34. The molecule has 0 radical (unpaired) electrons. The Morgan fingerprint density at radius 3 is 2.78 bits per heavy atom. The molecule has 0 fully saturated rings. The van der Waals surface area contributed by atoms with Crippen molar-refractivity contribution < 1.29 is 9.18 Å². The SMILES string of the molecule is Nc1cccc(NC(=O)c2ccc(F)cc2Cl)n1. The van der Waals surface area contributed by atoms with Crippen molar-refractivity contribution in [3.8, 4) is 0 Å². The molecule has 0 saturated heterocycles. The van der Waals surface area contributed by atoms with E-state index in [1.165, 1.54) is 6.07 Å². The second-order valence-corrected chi connectivity index (χ2v) is 3.93. The first-order valence-corrected chi connectivity index (χ1v) is 5.43. The summed E-state index contributed by atoms with van der Waals surface area (Å²) in [6.45, 7) is 0. The van der Waals surface area contributed by atoms with Crippen LogP contribution in [0, 0.1) is 5.82 Å². The third-order valence-corrected chi connectivity index (χ3v) is 2.50. The van der Waals surface area contributed by atoms with Gasteiger partial charge in [-0.3, -0.25) is 4.79 Å². The number of carbonyl (C=O) groups excluding carboxylic acids is 1. The smallest absolute Gasteiger partial charge is 0.258 e. The molecule has 6 heteroatoms. The molecule has 0 aliphatic carbocycles. The van der Waals surface area contributed by atoms with E-state index in [-0.39, 0.29) is 16.4 Å². The van der Waals surface area contributed by atoms with Gasteiger partial charge < -0.3 is 11.1 Å². The van der Waals surface area contributed by atoms with Gasteiger partial charge in [0.25, 0.3) is 5.91 Å². The zero-order chi connectivity index (χ0) is 13.1. The highest BCUT2D eigenvalue weighted by Crippen LogP contribution is 2.18. The zero-order valence-corrected chi connectivity index (χ0v) is 9.91. The molecule has 0 aliphatic rings. The fourth-order valence-electron chi connectivity index (χ4n) is 1.38. The molecule has 0 bridgehead atoms. The molecule has 18 heavy (non-hydrogen) atoms. The minimum absolute atomic E-state index is 0.0383. The molecule has 0 spiro atoms. The Hall–Kier alpha value is -2.14. The molecule has 1 aromatic carbocycles. The van der Waals surface area contributed by atoms with Crippen LogP contribution >= 0.6 is 11.6 Å². The van der Waals surface area contributed by atoms with Crippen molar-refractivity contribution in [2.75, 3.05) is 11.1 Å². The largest absolute Gasteiger partial charge is 0.384 e. The summed E-state index contributed by atoms with van der Waals surface area (Å²) in [5, 5.41) is 2.56. The molecule has 4 nitrogen and oxygen atoms in total. The summed E-state index contributed by atoms with van der Waals surface area (Å²) in [7, 11) is 0. The first-order valence-electron chi connectivity index (χ1n) is 5.05. The number of carbonyl (C=O) groups is 1. The average Bonchev–Trinajstić information content (AvgIpc) is 2.28. The lowest BCUT2D eigenvalue weighted by molar-refractivity contribution is 0.102. The van der Waals surface area contributed by atoms with Gasteiger partial charge in [-0.15, -0.1) is 0 Å². The van der Waals surface area contributed by atoms with Gasteiger partial charge in [0, 0.05) is 0 Å². The van der Waals surface area contributed by atoms with Gasteiger partial charge in [0.1, 0.15) is 17.5 Å². The summed E-state index contributed by atoms with van der Waals surface area (Å²) in [6.07, 6.45) is 0. The van der Waals surface area contributed by atoms with E-state index in [0.717, 1.165) is 12.1 Å². The predicted molar refractivity (Wildman–Crippen MR) is 68.0 cm³/mol. The maximum atomic E-state index is 12.8. The monoisotopic (exact) mass is 265 g/mol. The Morgan fingerprint density at radius 2 is 2.11 bits per heavy atom. The number of benzene rings is 1. The van der Waals surface area contributed by atoms with Gasteiger partial charge in [-0.2, -0.15) is 0 Å². The fraction of sp³-hybridized carbons (Fsp3) is 0. The molecule has 0 atom stereocenters. The van der Waals surface area contributed by atoms with Crippen molar-refractivity contribution in [2.24, 2.45) is 0 Å². The number of hydrogen-bond acceptors (Lipinski definition) is 3. The summed E-state index contributed by atoms with van der Waals surface area (Å²) in [6, 6.07) is 8.38. The number of aromatic nitrogens is 1. The van der Waals surface area contributed by atoms with Crippen LogP contribution in [-0.2, 0) is 0 Å². The standard InChI is InChI=1S/C12H9ClFN3O/c13-9-6-7(14)4-5-8(9)12(18)17-11-3-1-2-10(15)16-11/h1-6H,(H3,15,16,17,18). The van der Waals surface area contributed by atoms with E-state index in [9.17, 15) is 9.18 Å². The van der Waals surface area contributed by atoms with Gasteiger partial charge in [0.05, 0.1) is 10.6 Å². The van der Waals surface area contributed by atoms with Crippen LogP contribution in [0.4, 0.5) is 16.0 Å². The highest BCUT2D eigenvalue weighted by Gasteiger charge is 2.11. The lowest BCUT2D eigenvalue weighted by Gasteiger charge is -2.06. The lowest BCUT2D eigenvalue weighted by atomic mass is 10.2. The van der Waals surface area contributed by atoms with E-state index >= 15 is 0 Å². The van der Waals surface area contributed by atoms with Crippen molar-refractivity contribution in [1.29, 1.82) is 0 Å². The summed E-state index contributed by atoms with van der Waals surface area (Å²) in [5.41, 5.74) is 5.65. The van der Waals surface area contributed by atoms with E-state index < -0.39 is 11.7 Å². The number of nitrogens with two attached hydrogens (primary N) is 1. The van der Waals surface area contributed by atoms with Crippen molar-refractivity contribution in [3.63, 3.8) is 0 Å². The molecule has 92 valence electrons. The van der Waals surface area contributed by atoms with Crippen LogP contribution in [0.1, 0.15) is 10.4 Å². The van der Waals surface area contributed by atoms with Gasteiger partial charge >= 0.3 is 0 Å². The van der Waals surface area contributed by atoms with Crippen LogP contribution in [0.3, 0.4) is 0 Å². The number of nitrogens with zero attached hydrogens (tertiary/aromatic N) is 1. The molecule has 1 amide bonds. The van der Waals surface area contributed by atoms with Crippen LogP contribution < -0.4 is 11.1 Å². The third-order valence-electron chi connectivity index (χ3n) is 2.19. The second-order valence-electron chi connectivity index (χ2n) is 3.53. The number of halogens is 2. The molecule has 2 rings (SSSR count). The highest BCUT2D eigenvalue weighted by atomic mass is 35.5. The summed E-state index contributed by atoms with van der Waals surface area (Å²) in [4.78, 5) is 15.8. The maximum absolute atomic E-state index is 12.8. The maximum Gasteiger partial charge on any atom is 0.258 e. The molecular formula is C12H9ClFN3O. The summed E-state index contributed by atoms with van der Waals surface area (Å²) < 4.78 is 12.8. The molecule has 1 heterocycles. The minimum Gasteiger partial charge on any atom is -0.384 e. The number of hydrogen-bond donors (Lipinski definition) is 2. The Kier molecular flexibility index (Phi) is 3.43. The molecule has 2 aromatic rings. The number of nitrogens with one attached hydrogen (secondary N) is 1. The number of rotatable bonds is 2. The summed E-state index contributed by atoms with van der Waals surface area (Å²) >= 11 is 5.78. The first-order chi connectivity index (χ1) is 8.56. The Labute approximate surface area is 108 Å². The van der Waals surface area contributed by atoms with Crippen molar-refractivity contribution in [1.82, 2.24) is 4.98 Å². The predicted octanol–water partition coefficient (Wildman–Crippen LogP) is 2.71. The number of nitrogen functional groups attached to an aromatic ring is 1. The van der Waals surface area contributed by atoms with Crippen LogP contribution in [0.15, 0.2) is 36.4 Å². The second kappa shape index (κ2) is 5.01. The molecular weight excluding hydrogens is 257 g/mol. The minimum atomic E-state index is -0.501. The number of pyridine rings is 1. The van der Waals surface area contributed by atoms with Gasteiger partial charge in [0.2, 0.25) is 0 Å². The zero-order valence-electron chi connectivity index (χ0n) is 9.15. The number of anilines is 2. The van der Waals surface area contributed by atoms with Crippen LogP contribution in [0.25, 0.3) is 0 Å². The third kappa shape index (κ3) is 2.75. The van der Waals surface area contributed by atoms with Crippen molar-refractivity contribution in [3.05, 3.63) is 52.8 Å². The molecule has 0 saturated carbocycles.